The minimum Gasteiger partial charge on any atom is -0.511 e. The number of carbonyl (C=O) groups excluding carboxylic acids is 1. The van der Waals surface area contributed by atoms with E-state index in [-0.39, 0.29) is 40.0 Å². The molecule has 0 spiro atoms. The molecule has 0 saturated heterocycles. The number of anilines is 3. The SMILES string of the molecule is CC(C)CCC1(C)CN(c2ccccc2)C(=O)C(C2=NS(=O)(=O)c3cc(NS(C)(=O)=O)ccc3N2)=C1O. The minimum atomic E-state index is -4.34. The molecule has 198 valence electrons. The van der Waals surface area contributed by atoms with Gasteiger partial charge >= 0.3 is 0 Å². The van der Waals surface area contributed by atoms with E-state index in [0.29, 0.717) is 18.0 Å². The van der Waals surface area contributed by atoms with E-state index < -0.39 is 31.4 Å². The highest BCUT2D eigenvalue weighted by molar-refractivity contribution is 7.92. The maximum Gasteiger partial charge on any atom is 0.286 e. The van der Waals surface area contributed by atoms with Gasteiger partial charge in [-0.05, 0) is 49.1 Å². The van der Waals surface area contributed by atoms with Gasteiger partial charge in [0.05, 0.1) is 11.9 Å². The normalized spacial score (nSPS) is 21.4. The van der Waals surface area contributed by atoms with Crippen molar-refractivity contribution in [3.05, 3.63) is 59.9 Å². The summed E-state index contributed by atoms with van der Waals surface area (Å²) in [6.45, 7) is 6.20. The Hall–Kier alpha value is -3.38. The Morgan fingerprint density at radius 1 is 1.19 bits per heavy atom. The van der Waals surface area contributed by atoms with Crippen LogP contribution in [-0.2, 0) is 24.8 Å². The number of para-hydroxylation sites is 1. The molecule has 0 saturated carbocycles. The number of benzene rings is 2. The molecule has 37 heavy (non-hydrogen) atoms. The van der Waals surface area contributed by atoms with Gasteiger partial charge in [0.15, 0.2) is 5.84 Å². The lowest BCUT2D eigenvalue weighted by molar-refractivity contribution is -0.116. The second kappa shape index (κ2) is 9.49. The number of sulfonamides is 2. The molecule has 2 aliphatic rings. The van der Waals surface area contributed by atoms with Crippen LogP contribution < -0.4 is 14.9 Å². The molecule has 0 aliphatic carbocycles. The first-order chi connectivity index (χ1) is 17.2. The molecule has 0 aromatic heterocycles. The Morgan fingerprint density at radius 3 is 2.49 bits per heavy atom. The Morgan fingerprint density at radius 2 is 1.86 bits per heavy atom. The van der Waals surface area contributed by atoms with E-state index in [0.717, 1.165) is 18.7 Å². The fourth-order valence-corrected chi connectivity index (χ4v) is 6.12. The molecule has 10 nitrogen and oxygen atoms in total. The van der Waals surface area contributed by atoms with Crippen molar-refractivity contribution in [2.45, 2.75) is 38.5 Å². The van der Waals surface area contributed by atoms with Crippen LogP contribution in [0.1, 0.15) is 33.6 Å². The zero-order valence-electron chi connectivity index (χ0n) is 21.0. The smallest absolute Gasteiger partial charge is 0.286 e. The number of nitrogens with one attached hydrogen (secondary N) is 2. The van der Waals surface area contributed by atoms with E-state index in [1.165, 1.54) is 17.0 Å². The average molecular weight is 547 g/mol. The molecule has 2 aromatic carbocycles. The Labute approximate surface area is 217 Å². The van der Waals surface area contributed by atoms with Crippen LogP contribution in [0.25, 0.3) is 0 Å². The van der Waals surface area contributed by atoms with E-state index in [2.05, 4.69) is 28.3 Å². The number of amides is 1. The van der Waals surface area contributed by atoms with Gasteiger partial charge < -0.3 is 15.3 Å². The van der Waals surface area contributed by atoms with Crippen molar-refractivity contribution in [3.63, 3.8) is 0 Å². The summed E-state index contributed by atoms with van der Waals surface area (Å²) in [7, 11) is -7.97. The fraction of sp³-hybridized carbons (Fsp3) is 0.360. The molecule has 1 amide bonds. The van der Waals surface area contributed by atoms with Gasteiger partial charge in [-0.2, -0.15) is 8.42 Å². The van der Waals surface area contributed by atoms with Gasteiger partial charge in [0.2, 0.25) is 10.0 Å². The summed E-state index contributed by atoms with van der Waals surface area (Å²) >= 11 is 0. The zero-order valence-corrected chi connectivity index (χ0v) is 22.6. The second-order valence-electron chi connectivity index (χ2n) is 10.1. The standard InChI is InChI=1S/C25H30N4O6S2/c1-16(2)12-13-25(3)15-29(18-8-6-5-7-9-18)24(31)21(22(25)30)23-26-19-11-10-17(27-36(4,32)33)14-20(19)37(34,35)28-23/h5-11,14,16,27,30H,12-13,15H2,1-4H3,(H,26,28). The molecule has 1 unspecified atom stereocenters. The van der Waals surface area contributed by atoms with Crippen molar-refractivity contribution in [3.8, 4) is 0 Å². The van der Waals surface area contributed by atoms with Gasteiger partial charge in [-0.3, -0.25) is 9.52 Å². The second-order valence-corrected chi connectivity index (χ2v) is 13.4. The maximum absolute atomic E-state index is 13.7. The summed E-state index contributed by atoms with van der Waals surface area (Å²) in [5.41, 5.74) is -0.283. The maximum atomic E-state index is 13.7. The highest BCUT2D eigenvalue weighted by Crippen LogP contribution is 2.42. The third-order valence-electron chi connectivity index (χ3n) is 6.38. The Balaban J connectivity index is 1.82. The van der Waals surface area contributed by atoms with Crippen molar-refractivity contribution < 1.29 is 26.7 Å². The molecule has 2 aromatic rings. The molecule has 3 N–H and O–H groups in total. The number of carbonyl (C=O) groups is 1. The highest BCUT2D eigenvalue weighted by Gasteiger charge is 2.45. The molecule has 2 heterocycles. The van der Waals surface area contributed by atoms with Crippen molar-refractivity contribution in [2.24, 2.45) is 15.7 Å². The number of rotatable bonds is 7. The van der Waals surface area contributed by atoms with E-state index in [9.17, 15) is 26.7 Å². The van der Waals surface area contributed by atoms with Crippen LogP contribution in [0.5, 0.6) is 0 Å². The first-order valence-electron chi connectivity index (χ1n) is 11.7. The largest absolute Gasteiger partial charge is 0.511 e. The van der Waals surface area contributed by atoms with Gasteiger partial charge in [-0.1, -0.05) is 39.0 Å². The van der Waals surface area contributed by atoms with Gasteiger partial charge in [-0.15, -0.1) is 4.40 Å². The Bertz CT molecular complexity index is 1520. The van der Waals surface area contributed by atoms with Crippen molar-refractivity contribution >= 4 is 48.9 Å². The van der Waals surface area contributed by atoms with Crippen LogP contribution in [0.15, 0.2) is 69.2 Å². The molecule has 0 radical (unpaired) electrons. The van der Waals surface area contributed by atoms with Crippen LogP contribution in [0.3, 0.4) is 0 Å². The van der Waals surface area contributed by atoms with E-state index in [1.807, 2.05) is 13.0 Å². The van der Waals surface area contributed by atoms with Crippen molar-refractivity contribution in [1.29, 1.82) is 0 Å². The summed E-state index contributed by atoms with van der Waals surface area (Å²) in [5.74, 6) is -0.727. The molecule has 1 atom stereocenters. The lowest BCUT2D eigenvalue weighted by Gasteiger charge is -2.41. The van der Waals surface area contributed by atoms with E-state index in [4.69, 9.17) is 0 Å². The third-order valence-corrected chi connectivity index (χ3v) is 8.30. The summed E-state index contributed by atoms with van der Waals surface area (Å²) in [5, 5.41) is 14.3. The molecule has 0 fully saturated rings. The number of amidine groups is 1. The van der Waals surface area contributed by atoms with Crippen LogP contribution in [0.2, 0.25) is 0 Å². The predicted molar refractivity (Wildman–Crippen MR) is 144 cm³/mol. The van der Waals surface area contributed by atoms with Crippen LogP contribution >= 0.6 is 0 Å². The topological polar surface area (TPSA) is 145 Å². The fourth-order valence-electron chi connectivity index (χ4n) is 4.41. The first-order valence-corrected chi connectivity index (χ1v) is 15.1. The lowest BCUT2D eigenvalue weighted by Crippen LogP contribution is -2.50. The van der Waals surface area contributed by atoms with Gasteiger partial charge in [-0.25, -0.2) is 8.42 Å². The monoisotopic (exact) mass is 546 g/mol. The highest BCUT2D eigenvalue weighted by atomic mass is 32.2. The van der Waals surface area contributed by atoms with Gasteiger partial charge in [0.25, 0.3) is 15.9 Å². The van der Waals surface area contributed by atoms with Gasteiger partial charge in [0, 0.05) is 23.3 Å². The number of hydrogen-bond donors (Lipinski definition) is 3. The summed E-state index contributed by atoms with van der Waals surface area (Å²) in [6.07, 6.45) is 2.30. The lowest BCUT2D eigenvalue weighted by atomic mass is 9.76. The van der Waals surface area contributed by atoms with Crippen molar-refractivity contribution in [2.75, 3.05) is 27.7 Å². The molecule has 4 rings (SSSR count). The van der Waals surface area contributed by atoms with Crippen molar-refractivity contribution in [1.82, 2.24) is 0 Å². The number of aliphatic hydroxyl groups excluding tert-OH is 1. The number of nitrogens with zero attached hydrogens (tertiary/aromatic N) is 2. The number of aliphatic hydroxyl groups is 1. The van der Waals surface area contributed by atoms with Crippen LogP contribution in [-0.4, -0.2) is 46.5 Å². The number of hydrogen-bond acceptors (Lipinski definition) is 7. The molecular weight excluding hydrogens is 516 g/mol. The first kappa shape index (κ1) is 26.7. The molecule has 0 bridgehead atoms. The predicted octanol–water partition coefficient (Wildman–Crippen LogP) is 3.87. The molecule has 2 aliphatic heterocycles. The molecule has 12 heteroatoms. The summed E-state index contributed by atoms with van der Waals surface area (Å²) < 4.78 is 55.6. The van der Waals surface area contributed by atoms with Crippen LogP contribution in [0.4, 0.5) is 17.1 Å². The summed E-state index contributed by atoms with van der Waals surface area (Å²) in [4.78, 5) is 15.0. The average Bonchev–Trinajstić information content (AvgIpc) is 2.80. The Kier molecular flexibility index (Phi) is 6.84. The van der Waals surface area contributed by atoms with Gasteiger partial charge in [0.1, 0.15) is 16.2 Å². The quantitative estimate of drug-likeness (QED) is 0.478. The minimum absolute atomic E-state index is 0.0533. The summed E-state index contributed by atoms with van der Waals surface area (Å²) in [6, 6.07) is 12.9. The van der Waals surface area contributed by atoms with E-state index >= 15 is 0 Å². The third kappa shape index (κ3) is 5.49. The zero-order chi connectivity index (χ0) is 27.2. The molecular formula is C25H30N4O6S2. The van der Waals surface area contributed by atoms with E-state index in [1.54, 1.807) is 24.3 Å². The number of fused-ring (bicyclic) bond motifs is 1. The van der Waals surface area contributed by atoms with Crippen LogP contribution in [0, 0.1) is 11.3 Å².